The van der Waals surface area contributed by atoms with E-state index < -0.39 is 12.2 Å². The summed E-state index contributed by atoms with van der Waals surface area (Å²) in [6.45, 7) is 4.11. The number of carbonyl (C=O) groups excluding carboxylic acids is 1. The molecule has 0 aliphatic heterocycles. The van der Waals surface area contributed by atoms with Crippen LogP contribution in [0.25, 0.3) is 0 Å². The van der Waals surface area contributed by atoms with E-state index >= 15 is 0 Å². The molecule has 9 heteroatoms. The molecule has 2 aromatic heterocycles. The Bertz CT molecular complexity index is 975. The number of nitrogens with zero attached hydrogens (tertiary/aromatic N) is 2. The van der Waals surface area contributed by atoms with E-state index in [0.717, 1.165) is 21.2 Å². The van der Waals surface area contributed by atoms with Gasteiger partial charge in [-0.15, -0.1) is 0 Å². The molecule has 6 nitrogen and oxygen atoms in total. The van der Waals surface area contributed by atoms with Crippen LogP contribution in [0.3, 0.4) is 0 Å². The molecule has 0 saturated heterocycles. The Hall–Kier alpha value is -2.22. The maximum atomic E-state index is 11.5. The van der Waals surface area contributed by atoms with Gasteiger partial charge in [0.15, 0.2) is 6.10 Å². The number of ether oxygens (including phenoxy) is 1. The number of hydrogen-bond donors (Lipinski definition) is 2. The molecule has 0 saturated carbocycles. The molecule has 0 aliphatic carbocycles. The Morgan fingerprint density at radius 1 is 1.21 bits per heavy atom. The lowest BCUT2D eigenvalue weighted by Crippen LogP contribution is -2.20. The minimum absolute atomic E-state index is 0.170. The number of aromatic amines is 1. The normalized spacial score (nSPS) is 12.2. The zero-order valence-corrected chi connectivity index (χ0v) is 18.2. The number of H-pyrrole nitrogens is 1. The van der Waals surface area contributed by atoms with Gasteiger partial charge in [-0.2, -0.15) is 0 Å². The van der Waals surface area contributed by atoms with Gasteiger partial charge < -0.3 is 15.5 Å². The second-order valence-corrected chi connectivity index (χ2v) is 8.62. The molecule has 0 spiro atoms. The van der Waals surface area contributed by atoms with Gasteiger partial charge in [-0.1, -0.05) is 48.8 Å². The minimum atomic E-state index is -0.859. The summed E-state index contributed by atoms with van der Waals surface area (Å²) in [5, 5.41) is 1.87. The molecule has 0 unspecified atom stereocenters. The van der Waals surface area contributed by atoms with Crippen molar-refractivity contribution in [2.75, 3.05) is 0 Å². The number of nitrogens with two attached hydrogens (primary N) is 1. The quantitative estimate of drug-likeness (QED) is 0.476. The number of halogens is 2. The number of amides is 1. The molecule has 1 aromatic carbocycles. The van der Waals surface area contributed by atoms with E-state index in [1.807, 2.05) is 24.3 Å². The summed E-state index contributed by atoms with van der Waals surface area (Å²) < 4.78 is 5.35. The zero-order valence-electron chi connectivity index (χ0n) is 15.9. The number of imidazole rings is 1. The van der Waals surface area contributed by atoms with Crippen molar-refractivity contribution in [3.8, 4) is 0 Å². The third kappa shape index (κ3) is 5.88. The summed E-state index contributed by atoms with van der Waals surface area (Å²) in [5.74, 6) is 0.698. The number of primary amides is 1. The molecule has 3 aromatic rings. The van der Waals surface area contributed by atoms with Gasteiger partial charge in [-0.3, -0.25) is 4.98 Å². The maximum absolute atomic E-state index is 11.5. The predicted octanol–water partition coefficient (Wildman–Crippen LogP) is 5.77. The number of hydrogen-bond acceptors (Lipinski definition) is 5. The van der Waals surface area contributed by atoms with Gasteiger partial charge in [-0.25, -0.2) is 9.78 Å². The van der Waals surface area contributed by atoms with Gasteiger partial charge in [0, 0.05) is 33.8 Å². The first kappa shape index (κ1) is 21.5. The summed E-state index contributed by atoms with van der Waals surface area (Å²) in [4.78, 5) is 24.4. The molecule has 1 atom stereocenters. The number of carbonyl (C=O) groups is 1. The lowest BCUT2D eigenvalue weighted by Gasteiger charge is -2.14. The smallest absolute Gasteiger partial charge is 0.405 e. The van der Waals surface area contributed by atoms with Crippen LogP contribution in [-0.4, -0.2) is 21.0 Å². The molecule has 152 valence electrons. The van der Waals surface area contributed by atoms with Crippen molar-refractivity contribution in [3.05, 3.63) is 69.9 Å². The van der Waals surface area contributed by atoms with Crippen LogP contribution in [0.5, 0.6) is 0 Å². The van der Waals surface area contributed by atoms with Crippen molar-refractivity contribution in [3.63, 3.8) is 0 Å². The van der Waals surface area contributed by atoms with Gasteiger partial charge in [0.2, 0.25) is 0 Å². The molecule has 0 radical (unpaired) electrons. The third-order valence-corrected chi connectivity index (χ3v) is 5.49. The molecule has 3 rings (SSSR count). The summed E-state index contributed by atoms with van der Waals surface area (Å²) in [6.07, 6.45) is 2.28. The largest absolute Gasteiger partial charge is 0.438 e. The second-order valence-electron chi connectivity index (χ2n) is 6.69. The monoisotopic (exact) mass is 450 g/mol. The van der Waals surface area contributed by atoms with Crippen LogP contribution in [0.2, 0.25) is 10.0 Å². The van der Waals surface area contributed by atoms with Gasteiger partial charge in [0.1, 0.15) is 10.9 Å². The summed E-state index contributed by atoms with van der Waals surface area (Å²) in [5.41, 5.74) is 7.17. The molecule has 2 heterocycles. The highest BCUT2D eigenvalue weighted by atomic mass is 35.5. The first-order chi connectivity index (χ1) is 13.8. The summed E-state index contributed by atoms with van der Waals surface area (Å²) in [7, 11) is 0. The van der Waals surface area contributed by atoms with E-state index in [1.54, 1.807) is 18.5 Å². The molecule has 0 fully saturated rings. The van der Waals surface area contributed by atoms with Crippen LogP contribution in [0.15, 0.2) is 52.6 Å². The topological polar surface area (TPSA) is 93.9 Å². The van der Waals surface area contributed by atoms with E-state index in [9.17, 15) is 4.79 Å². The Balaban J connectivity index is 1.94. The second kappa shape index (κ2) is 9.52. The zero-order chi connectivity index (χ0) is 21.0. The minimum Gasteiger partial charge on any atom is -0.438 e. The van der Waals surface area contributed by atoms with Crippen molar-refractivity contribution in [2.24, 2.45) is 5.73 Å². The van der Waals surface area contributed by atoms with E-state index in [-0.39, 0.29) is 5.92 Å². The van der Waals surface area contributed by atoms with Crippen LogP contribution < -0.4 is 5.73 Å². The Kier molecular flexibility index (Phi) is 7.05. The van der Waals surface area contributed by atoms with Crippen LogP contribution in [-0.2, 0) is 11.2 Å². The fourth-order valence-corrected chi connectivity index (χ4v) is 4.57. The third-order valence-electron chi connectivity index (χ3n) is 4.08. The van der Waals surface area contributed by atoms with Crippen molar-refractivity contribution in [1.82, 2.24) is 15.0 Å². The number of aromatic nitrogens is 3. The average Bonchev–Trinajstić information content (AvgIpc) is 3.05. The molecule has 3 N–H and O–H groups in total. The van der Waals surface area contributed by atoms with Crippen LogP contribution in [0.4, 0.5) is 4.79 Å². The molecule has 0 bridgehead atoms. The van der Waals surface area contributed by atoms with Crippen molar-refractivity contribution < 1.29 is 9.53 Å². The van der Waals surface area contributed by atoms with Crippen LogP contribution >= 0.6 is 35.0 Å². The Labute approximate surface area is 183 Å². The maximum Gasteiger partial charge on any atom is 0.405 e. The lowest BCUT2D eigenvalue weighted by atomic mass is 10.1. The number of benzene rings is 1. The molecule has 29 heavy (non-hydrogen) atoms. The van der Waals surface area contributed by atoms with E-state index in [4.69, 9.17) is 38.7 Å². The molecule has 1 amide bonds. The van der Waals surface area contributed by atoms with Gasteiger partial charge in [0.05, 0.1) is 5.69 Å². The Morgan fingerprint density at radius 3 is 2.45 bits per heavy atom. The number of pyridine rings is 1. The van der Waals surface area contributed by atoms with Gasteiger partial charge >= 0.3 is 6.09 Å². The average molecular weight is 451 g/mol. The van der Waals surface area contributed by atoms with Crippen LogP contribution in [0, 0.1) is 0 Å². The van der Waals surface area contributed by atoms with Crippen LogP contribution in [0.1, 0.15) is 43.0 Å². The molecular formula is C20H20Cl2N4O2S. The lowest BCUT2D eigenvalue weighted by molar-refractivity contribution is 0.102. The summed E-state index contributed by atoms with van der Waals surface area (Å²) in [6, 6.07) is 9.04. The predicted molar refractivity (Wildman–Crippen MR) is 115 cm³/mol. The Morgan fingerprint density at radius 2 is 1.86 bits per heavy atom. The fourth-order valence-electron chi connectivity index (χ4n) is 2.78. The van der Waals surface area contributed by atoms with Crippen molar-refractivity contribution in [2.45, 2.75) is 42.2 Å². The van der Waals surface area contributed by atoms with Gasteiger partial charge in [0.25, 0.3) is 0 Å². The number of nitrogens with one attached hydrogen (secondary N) is 1. The molecule has 0 aliphatic rings. The van der Waals surface area contributed by atoms with Gasteiger partial charge in [-0.05, 0) is 41.8 Å². The van der Waals surface area contributed by atoms with E-state index in [0.29, 0.717) is 22.3 Å². The fraction of sp³-hybridized carbons (Fsp3) is 0.250. The first-order valence-electron chi connectivity index (χ1n) is 8.90. The number of rotatable bonds is 7. The van der Waals surface area contributed by atoms with Crippen molar-refractivity contribution in [1.29, 1.82) is 0 Å². The van der Waals surface area contributed by atoms with Crippen molar-refractivity contribution >= 4 is 41.1 Å². The highest BCUT2D eigenvalue weighted by Gasteiger charge is 2.24. The SMILES string of the molecule is CC(C)c1[nH]c([C@@H](Cc2ccncc2)OC(N)=O)nc1Sc1cc(Cl)cc(Cl)c1. The first-order valence-corrected chi connectivity index (χ1v) is 10.5. The highest BCUT2D eigenvalue weighted by molar-refractivity contribution is 7.99. The van der Waals surface area contributed by atoms with E-state index in [2.05, 4.69) is 23.8 Å². The van der Waals surface area contributed by atoms with E-state index in [1.165, 1.54) is 11.8 Å². The molecular weight excluding hydrogens is 431 g/mol. The highest BCUT2D eigenvalue weighted by Crippen LogP contribution is 2.36. The standard InChI is InChI=1S/C20H20Cl2N4O2S/c1-11(2)17-19(29-15-9-13(21)8-14(22)10-15)26-18(25-17)16(28-20(23)27)7-12-3-5-24-6-4-12/h3-6,8-11,16H,7H2,1-2H3,(H2,23,27)(H,25,26)/t16-/m1/s1. The summed E-state index contributed by atoms with van der Waals surface area (Å²) >= 11 is 13.7.